The van der Waals surface area contributed by atoms with E-state index in [-0.39, 0.29) is 35.7 Å². The number of benzene rings is 1. The number of hydrogen-bond acceptors (Lipinski definition) is 4. The van der Waals surface area contributed by atoms with Crippen molar-refractivity contribution in [2.45, 2.75) is 33.7 Å². The van der Waals surface area contributed by atoms with Gasteiger partial charge in [0.05, 0.1) is 12.2 Å². The molecule has 10 heteroatoms. The molecule has 1 aromatic carbocycles. The van der Waals surface area contributed by atoms with Gasteiger partial charge in [-0.1, -0.05) is 0 Å². The molecule has 182 valence electrons. The highest BCUT2D eigenvalue weighted by Gasteiger charge is 2.21. The summed E-state index contributed by atoms with van der Waals surface area (Å²) in [4.78, 5) is 21.4. The predicted molar refractivity (Wildman–Crippen MR) is 141 cm³/mol. The number of rotatable bonds is 7. The van der Waals surface area contributed by atoms with Gasteiger partial charge >= 0.3 is 0 Å². The minimum Gasteiger partial charge on any atom is -0.368 e. The Bertz CT molecular complexity index is 937. The summed E-state index contributed by atoms with van der Waals surface area (Å²) in [5.74, 6) is 0.594. The molecule has 0 atom stereocenters. The Morgan fingerprint density at radius 3 is 2.36 bits per heavy atom. The summed E-state index contributed by atoms with van der Waals surface area (Å²) in [7, 11) is 1.93. The number of nitrogens with zero attached hydrogens (tertiary/aromatic N) is 5. The van der Waals surface area contributed by atoms with E-state index in [1.54, 1.807) is 12.1 Å². The maximum Gasteiger partial charge on any atom is 0.224 e. The van der Waals surface area contributed by atoms with Crippen LogP contribution in [0.1, 0.15) is 30.3 Å². The van der Waals surface area contributed by atoms with Crippen LogP contribution in [0, 0.1) is 19.7 Å². The lowest BCUT2D eigenvalue weighted by molar-refractivity contribution is -0.131. The predicted octanol–water partition coefficient (Wildman–Crippen LogP) is 2.59. The number of hydrogen-bond donors (Lipinski definition) is 2. The largest absolute Gasteiger partial charge is 0.368 e. The summed E-state index contributed by atoms with van der Waals surface area (Å²) in [6.45, 7) is 10.7. The molecule has 1 saturated heterocycles. The standard InChI is InChI=1S/C23H34FN7O.HI/c1-5-25-23(27-16-21-17(2)28-29(4)18(21)3)26-11-10-22(32)31-14-12-30(13-15-31)20-8-6-19(24)7-9-20;/h6-9H,5,10-16H2,1-4H3,(H2,25,26,27);1H. The van der Waals surface area contributed by atoms with Crippen molar-refractivity contribution in [3.8, 4) is 0 Å². The third-order valence-corrected chi connectivity index (χ3v) is 5.85. The zero-order valence-corrected chi connectivity index (χ0v) is 22.2. The number of piperazine rings is 1. The summed E-state index contributed by atoms with van der Waals surface area (Å²) in [6.07, 6.45) is 0.409. The minimum absolute atomic E-state index is 0. The third-order valence-electron chi connectivity index (χ3n) is 5.85. The average Bonchev–Trinajstić information content (AvgIpc) is 3.03. The number of carbonyl (C=O) groups excluding carboxylic acids is 1. The monoisotopic (exact) mass is 571 g/mol. The fraction of sp³-hybridized carbons (Fsp3) is 0.522. The fourth-order valence-corrected chi connectivity index (χ4v) is 3.86. The van der Waals surface area contributed by atoms with Crippen molar-refractivity contribution in [3.05, 3.63) is 47.0 Å². The minimum atomic E-state index is -0.235. The molecule has 8 nitrogen and oxygen atoms in total. The average molecular weight is 571 g/mol. The highest BCUT2D eigenvalue weighted by Crippen LogP contribution is 2.17. The Kier molecular flexibility index (Phi) is 10.4. The second-order valence-electron chi connectivity index (χ2n) is 7.99. The van der Waals surface area contributed by atoms with Crippen LogP contribution in [0.3, 0.4) is 0 Å². The lowest BCUT2D eigenvalue weighted by Gasteiger charge is -2.36. The van der Waals surface area contributed by atoms with Gasteiger partial charge in [0.2, 0.25) is 5.91 Å². The van der Waals surface area contributed by atoms with Gasteiger partial charge in [-0.15, -0.1) is 24.0 Å². The number of halogens is 2. The number of aryl methyl sites for hydroxylation is 2. The molecule has 2 aromatic rings. The van der Waals surface area contributed by atoms with Crippen LogP contribution in [-0.2, 0) is 18.4 Å². The van der Waals surface area contributed by atoms with Crippen LogP contribution in [0.4, 0.5) is 10.1 Å². The number of guanidine groups is 1. The zero-order chi connectivity index (χ0) is 23.1. The second-order valence-corrected chi connectivity index (χ2v) is 7.99. The van der Waals surface area contributed by atoms with Crippen LogP contribution >= 0.6 is 24.0 Å². The number of carbonyl (C=O) groups is 1. The molecular weight excluding hydrogens is 536 g/mol. The molecular formula is C23H35FIN7O. The molecule has 0 spiro atoms. The third kappa shape index (κ3) is 7.31. The van der Waals surface area contributed by atoms with Crippen LogP contribution in [0.15, 0.2) is 29.3 Å². The van der Waals surface area contributed by atoms with Crippen LogP contribution in [0.25, 0.3) is 0 Å². The van der Waals surface area contributed by atoms with E-state index in [0.717, 1.165) is 42.3 Å². The van der Waals surface area contributed by atoms with E-state index in [1.165, 1.54) is 12.1 Å². The van der Waals surface area contributed by atoms with Crippen molar-refractivity contribution in [2.75, 3.05) is 44.2 Å². The second kappa shape index (κ2) is 12.8. The molecule has 3 rings (SSSR count). The molecule has 2 heterocycles. The lowest BCUT2D eigenvalue weighted by atomic mass is 10.2. The number of anilines is 1. The van der Waals surface area contributed by atoms with Crippen LogP contribution in [-0.4, -0.2) is 65.8 Å². The van der Waals surface area contributed by atoms with Gasteiger partial charge in [-0.25, -0.2) is 9.38 Å². The lowest BCUT2D eigenvalue weighted by Crippen LogP contribution is -2.49. The highest BCUT2D eigenvalue weighted by atomic mass is 127. The van der Waals surface area contributed by atoms with Crippen molar-refractivity contribution in [1.29, 1.82) is 0 Å². The molecule has 1 amide bonds. The molecule has 0 unspecified atom stereocenters. The Balaban J connectivity index is 0.00000385. The summed E-state index contributed by atoms with van der Waals surface area (Å²) >= 11 is 0. The van der Waals surface area contributed by atoms with Gasteiger partial charge in [-0.3, -0.25) is 9.48 Å². The molecule has 0 bridgehead atoms. The Labute approximate surface area is 212 Å². The van der Waals surface area contributed by atoms with Gasteiger partial charge in [0.25, 0.3) is 0 Å². The Morgan fingerprint density at radius 2 is 1.79 bits per heavy atom. The molecule has 1 aliphatic rings. The summed E-state index contributed by atoms with van der Waals surface area (Å²) in [5.41, 5.74) is 4.21. The van der Waals surface area contributed by atoms with E-state index in [0.29, 0.717) is 38.6 Å². The Hall–Kier alpha value is -2.37. The maximum atomic E-state index is 13.1. The van der Waals surface area contributed by atoms with E-state index < -0.39 is 0 Å². The first-order chi connectivity index (χ1) is 15.4. The maximum absolute atomic E-state index is 13.1. The molecule has 0 radical (unpaired) electrons. The first-order valence-corrected chi connectivity index (χ1v) is 11.2. The molecule has 1 aromatic heterocycles. The van der Waals surface area contributed by atoms with Crippen molar-refractivity contribution in [2.24, 2.45) is 12.0 Å². The van der Waals surface area contributed by atoms with E-state index in [4.69, 9.17) is 0 Å². The molecule has 1 aliphatic heterocycles. The first kappa shape index (κ1) is 26.9. The number of aliphatic imine (C=N–C) groups is 1. The number of amides is 1. The van der Waals surface area contributed by atoms with Gasteiger partial charge in [-0.05, 0) is 45.0 Å². The van der Waals surface area contributed by atoms with Gasteiger partial charge < -0.3 is 20.4 Å². The van der Waals surface area contributed by atoms with Crippen molar-refractivity contribution in [3.63, 3.8) is 0 Å². The van der Waals surface area contributed by atoms with Gasteiger partial charge in [0, 0.05) is 69.7 Å². The molecule has 33 heavy (non-hydrogen) atoms. The molecule has 0 saturated carbocycles. The van der Waals surface area contributed by atoms with E-state index in [9.17, 15) is 9.18 Å². The van der Waals surface area contributed by atoms with Crippen LogP contribution < -0.4 is 15.5 Å². The van der Waals surface area contributed by atoms with E-state index >= 15 is 0 Å². The summed E-state index contributed by atoms with van der Waals surface area (Å²) < 4.78 is 15.0. The summed E-state index contributed by atoms with van der Waals surface area (Å²) in [5, 5.41) is 10.9. The smallest absolute Gasteiger partial charge is 0.224 e. The fourth-order valence-electron chi connectivity index (χ4n) is 3.86. The quantitative estimate of drug-likeness (QED) is 0.304. The Morgan fingerprint density at radius 1 is 1.12 bits per heavy atom. The molecule has 0 aliphatic carbocycles. The van der Waals surface area contributed by atoms with Crippen molar-refractivity contribution < 1.29 is 9.18 Å². The SMILES string of the molecule is CCNC(=NCc1c(C)nn(C)c1C)NCCC(=O)N1CCN(c2ccc(F)cc2)CC1.I. The highest BCUT2D eigenvalue weighted by molar-refractivity contribution is 14.0. The van der Waals surface area contributed by atoms with Crippen molar-refractivity contribution >= 4 is 41.5 Å². The summed E-state index contributed by atoms with van der Waals surface area (Å²) in [6, 6.07) is 6.51. The molecule has 2 N–H and O–H groups in total. The van der Waals surface area contributed by atoms with Crippen molar-refractivity contribution in [1.82, 2.24) is 25.3 Å². The van der Waals surface area contributed by atoms with Gasteiger partial charge in [-0.2, -0.15) is 5.10 Å². The first-order valence-electron chi connectivity index (χ1n) is 11.2. The van der Waals surface area contributed by atoms with Crippen LogP contribution in [0.5, 0.6) is 0 Å². The van der Waals surface area contributed by atoms with Gasteiger partial charge in [0.15, 0.2) is 5.96 Å². The normalized spacial score (nSPS) is 14.2. The van der Waals surface area contributed by atoms with E-state index in [1.807, 2.05) is 37.4 Å². The molecule has 1 fully saturated rings. The van der Waals surface area contributed by atoms with Gasteiger partial charge in [0.1, 0.15) is 5.82 Å². The number of nitrogens with one attached hydrogen (secondary N) is 2. The topological polar surface area (TPSA) is 77.8 Å². The number of aromatic nitrogens is 2. The van der Waals surface area contributed by atoms with E-state index in [2.05, 4.69) is 25.6 Å². The van der Waals surface area contributed by atoms with Crippen LogP contribution in [0.2, 0.25) is 0 Å². The zero-order valence-electron chi connectivity index (χ0n) is 19.9.